The van der Waals surface area contributed by atoms with Crippen molar-refractivity contribution in [3.63, 3.8) is 0 Å². The lowest BCUT2D eigenvalue weighted by atomic mass is 10.3. The molecule has 0 aliphatic heterocycles. The fraction of sp³-hybridized carbons (Fsp3) is 0.111. The molecule has 1 aromatic rings. The van der Waals surface area contributed by atoms with Crippen molar-refractivity contribution in [2.24, 2.45) is 5.10 Å². The number of carboxylic acids is 1. The van der Waals surface area contributed by atoms with Gasteiger partial charge in [0.15, 0.2) is 0 Å². The predicted molar refractivity (Wildman–Crippen MR) is 55.9 cm³/mol. The first-order chi connectivity index (χ1) is 6.59. The Bertz CT molecular complexity index is 360. The highest BCUT2D eigenvalue weighted by Crippen LogP contribution is 2.13. The summed E-state index contributed by atoms with van der Waals surface area (Å²) in [5.41, 5.74) is 3.23. The van der Waals surface area contributed by atoms with Crippen LogP contribution in [0.4, 0.5) is 5.69 Å². The summed E-state index contributed by atoms with van der Waals surface area (Å²) in [7, 11) is 0. The number of carbonyl (C=O) groups is 1. The number of aliphatic carboxylic acids is 1. The first-order valence-electron chi connectivity index (χ1n) is 3.87. The summed E-state index contributed by atoms with van der Waals surface area (Å²) < 4.78 is 0.948. The molecule has 0 saturated carbocycles. The highest BCUT2D eigenvalue weighted by atomic mass is 79.9. The average Bonchev–Trinajstić information content (AvgIpc) is 2.16. The summed E-state index contributed by atoms with van der Waals surface area (Å²) in [5.74, 6) is -1.28. The van der Waals surface area contributed by atoms with Crippen LogP contribution in [0.5, 0.6) is 0 Å². The van der Waals surface area contributed by atoms with Crippen LogP contribution in [0.3, 0.4) is 0 Å². The second-order valence-corrected chi connectivity index (χ2v) is 3.52. The van der Waals surface area contributed by atoms with Crippen molar-refractivity contribution in [2.45, 2.75) is 6.92 Å². The molecule has 0 amide bonds. The van der Waals surface area contributed by atoms with E-state index < -0.39 is 5.97 Å². The molecule has 4 nitrogen and oxygen atoms in total. The molecule has 0 radical (unpaired) electrons. The standard InChI is InChI=1S/C9H9BrN2O2/c1-6(9(13)14)11-12-8-4-2-7(10)3-5-8/h2-5,12H,1H3,(H,13,14)/p-1/b11-6-. The molecule has 14 heavy (non-hydrogen) atoms. The van der Waals surface area contributed by atoms with Gasteiger partial charge in [0, 0.05) is 4.47 Å². The van der Waals surface area contributed by atoms with Gasteiger partial charge in [0.2, 0.25) is 0 Å². The smallest absolute Gasteiger partial charge is 0.0873 e. The van der Waals surface area contributed by atoms with Gasteiger partial charge in [0.25, 0.3) is 0 Å². The van der Waals surface area contributed by atoms with Crippen LogP contribution in [0.25, 0.3) is 0 Å². The molecule has 0 spiro atoms. The Labute approximate surface area is 89.8 Å². The van der Waals surface area contributed by atoms with Crippen molar-refractivity contribution >= 4 is 33.3 Å². The van der Waals surface area contributed by atoms with Crippen LogP contribution in [-0.2, 0) is 4.79 Å². The quantitative estimate of drug-likeness (QED) is 0.647. The normalized spacial score (nSPS) is 11.1. The van der Waals surface area contributed by atoms with E-state index in [0.29, 0.717) is 5.69 Å². The summed E-state index contributed by atoms with van der Waals surface area (Å²) in [6.45, 7) is 1.36. The second-order valence-electron chi connectivity index (χ2n) is 2.60. The van der Waals surface area contributed by atoms with E-state index in [2.05, 4.69) is 26.5 Å². The molecule has 0 atom stereocenters. The summed E-state index contributed by atoms with van der Waals surface area (Å²) in [4.78, 5) is 10.3. The van der Waals surface area contributed by atoms with Gasteiger partial charge >= 0.3 is 0 Å². The SMILES string of the molecule is C/C(=N/Nc1ccc(Br)cc1)C(=O)[O-]. The van der Waals surface area contributed by atoms with Gasteiger partial charge < -0.3 is 9.90 Å². The van der Waals surface area contributed by atoms with Gasteiger partial charge in [-0.3, -0.25) is 5.43 Å². The predicted octanol–water partition coefficient (Wildman–Crippen LogP) is 0.987. The van der Waals surface area contributed by atoms with E-state index in [1.807, 2.05) is 12.1 Å². The monoisotopic (exact) mass is 255 g/mol. The van der Waals surface area contributed by atoms with Crippen LogP contribution in [0.15, 0.2) is 33.8 Å². The number of nitrogens with zero attached hydrogens (tertiary/aromatic N) is 1. The summed E-state index contributed by atoms with van der Waals surface area (Å²) >= 11 is 3.28. The zero-order valence-electron chi connectivity index (χ0n) is 7.45. The highest BCUT2D eigenvalue weighted by Gasteiger charge is 1.92. The molecule has 0 heterocycles. The number of carbonyl (C=O) groups excluding carboxylic acids is 1. The highest BCUT2D eigenvalue weighted by molar-refractivity contribution is 9.10. The Kier molecular flexibility index (Phi) is 3.64. The molecule has 1 N–H and O–H groups in total. The third-order valence-electron chi connectivity index (χ3n) is 1.49. The fourth-order valence-electron chi connectivity index (χ4n) is 0.718. The lowest BCUT2D eigenvalue weighted by molar-refractivity contribution is -0.294. The van der Waals surface area contributed by atoms with E-state index in [1.165, 1.54) is 6.92 Å². The molecule has 1 rings (SSSR count). The Balaban J connectivity index is 2.66. The lowest BCUT2D eigenvalue weighted by Gasteiger charge is -2.03. The summed E-state index contributed by atoms with van der Waals surface area (Å²) in [5, 5.41) is 13.9. The number of benzene rings is 1. The third kappa shape index (κ3) is 3.18. The Hall–Kier alpha value is -1.36. The molecule has 0 unspecified atom stereocenters. The van der Waals surface area contributed by atoms with Crippen molar-refractivity contribution in [3.05, 3.63) is 28.7 Å². The number of halogens is 1. The maximum Gasteiger partial charge on any atom is 0.0873 e. The molecular formula is C9H8BrN2O2-. The van der Waals surface area contributed by atoms with Crippen LogP contribution in [0.1, 0.15) is 6.92 Å². The van der Waals surface area contributed by atoms with Gasteiger partial charge in [-0.15, -0.1) is 0 Å². The molecule has 0 aromatic heterocycles. The molecule has 0 aliphatic rings. The van der Waals surface area contributed by atoms with Crippen molar-refractivity contribution in [3.8, 4) is 0 Å². The van der Waals surface area contributed by atoms with E-state index in [0.717, 1.165) is 4.47 Å². The van der Waals surface area contributed by atoms with Crippen LogP contribution in [0.2, 0.25) is 0 Å². The number of anilines is 1. The average molecular weight is 256 g/mol. The topological polar surface area (TPSA) is 64.5 Å². The van der Waals surface area contributed by atoms with Gasteiger partial charge in [-0.2, -0.15) is 5.10 Å². The fourth-order valence-corrected chi connectivity index (χ4v) is 0.983. The second kappa shape index (κ2) is 4.76. The number of hydrogen-bond acceptors (Lipinski definition) is 4. The van der Waals surface area contributed by atoms with Crippen LogP contribution >= 0.6 is 15.9 Å². The van der Waals surface area contributed by atoms with Crippen molar-refractivity contribution in [1.82, 2.24) is 0 Å². The van der Waals surface area contributed by atoms with Crippen molar-refractivity contribution in [1.29, 1.82) is 0 Å². The molecule has 74 valence electrons. The number of hydrogen-bond donors (Lipinski definition) is 1. The summed E-state index contributed by atoms with van der Waals surface area (Å²) in [6, 6.07) is 7.20. The van der Waals surface area contributed by atoms with Gasteiger partial charge in [-0.25, -0.2) is 0 Å². The minimum Gasteiger partial charge on any atom is -0.543 e. The molecule has 0 bridgehead atoms. The number of rotatable bonds is 3. The van der Waals surface area contributed by atoms with E-state index in [9.17, 15) is 9.90 Å². The number of nitrogens with one attached hydrogen (secondary N) is 1. The van der Waals surface area contributed by atoms with Crippen LogP contribution < -0.4 is 10.5 Å². The summed E-state index contributed by atoms with van der Waals surface area (Å²) in [6.07, 6.45) is 0. The Morgan fingerprint density at radius 2 is 2.00 bits per heavy atom. The molecule has 5 heteroatoms. The number of carboxylic acid groups (broad SMARTS) is 1. The van der Waals surface area contributed by atoms with Crippen molar-refractivity contribution < 1.29 is 9.90 Å². The maximum atomic E-state index is 10.3. The zero-order valence-corrected chi connectivity index (χ0v) is 9.04. The minimum atomic E-state index is -1.28. The maximum absolute atomic E-state index is 10.3. The molecule has 1 aromatic carbocycles. The lowest BCUT2D eigenvalue weighted by Crippen LogP contribution is -2.30. The van der Waals surface area contributed by atoms with E-state index in [1.54, 1.807) is 12.1 Å². The third-order valence-corrected chi connectivity index (χ3v) is 2.02. The first-order valence-corrected chi connectivity index (χ1v) is 4.66. The van der Waals surface area contributed by atoms with Crippen molar-refractivity contribution in [2.75, 3.05) is 5.43 Å². The van der Waals surface area contributed by atoms with Crippen LogP contribution in [-0.4, -0.2) is 11.7 Å². The molecular weight excluding hydrogens is 248 g/mol. The largest absolute Gasteiger partial charge is 0.543 e. The van der Waals surface area contributed by atoms with Crippen LogP contribution in [0, 0.1) is 0 Å². The van der Waals surface area contributed by atoms with E-state index in [4.69, 9.17) is 0 Å². The van der Waals surface area contributed by atoms with Gasteiger partial charge in [0.1, 0.15) is 0 Å². The van der Waals surface area contributed by atoms with Gasteiger partial charge in [-0.05, 0) is 31.2 Å². The molecule has 0 aliphatic carbocycles. The number of hydrazone groups is 1. The van der Waals surface area contributed by atoms with E-state index in [-0.39, 0.29) is 5.71 Å². The van der Waals surface area contributed by atoms with E-state index >= 15 is 0 Å². The molecule has 0 fully saturated rings. The Morgan fingerprint density at radius 1 is 1.43 bits per heavy atom. The first kappa shape index (κ1) is 10.7. The van der Waals surface area contributed by atoms with Gasteiger partial charge in [0.05, 0.1) is 17.4 Å². The molecule has 0 saturated heterocycles. The van der Waals surface area contributed by atoms with Gasteiger partial charge in [-0.1, -0.05) is 15.9 Å². The Morgan fingerprint density at radius 3 is 2.50 bits per heavy atom. The zero-order chi connectivity index (χ0) is 10.6. The minimum absolute atomic E-state index is 0.0899.